The molecule has 0 aliphatic heterocycles. The molecule has 3 N–H and O–H groups in total. The standard InChI is InChI=1S/C11H20N2O5/c1-11(2,18-3)7-12-10(17)13-8(14)5-4-6-9(15)16/h4-7H2,1-3H3,(H,15,16)(H2,12,13,14,17). The lowest BCUT2D eigenvalue weighted by Gasteiger charge is -2.22. The number of carbonyl (C=O) groups excluding carboxylic acids is 2. The number of hydrogen-bond acceptors (Lipinski definition) is 4. The number of amides is 3. The number of rotatable bonds is 7. The number of urea groups is 1. The van der Waals surface area contributed by atoms with Crippen LogP contribution in [0.25, 0.3) is 0 Å². The van der Waals surface area contributed by atoms with Crippen LogP contribution in [0.4, 0.5) is 4.79 Å². The summed E-state index contributed by atoms with van der Waals surface area (Å²) in [6.07, 6.45) is 0.122. The summed E-state index contributed by atoms with van der Waals surface area (Å²) in [7, 11) is 1.52. The average molecular weight is 260 g/mol. The lowest BCUT2D eigenvalue weighted by Crippen LogP contribution is -2.46. The van der Waals surface area contributed by atoms with Gasteiger partial charge < -0.3 is 15.2 Å². The summed E-state index contributed by atoms with van der Waals surface area (Å²) in [5.41, 5.74) is -0.510. The van der Waals surface area contributed by atoms with Crippen LogP contribution >= 0.6 is 0 Å². The fourth-order valence-electron chi connectivity index (χ4n) is 0.999. The van der Waals surface area contributed by atoms with E-state index in [1.54, 1.807) is 13.8 Å². The normalized spacial score (nSPS) is 10.8. The molecule has 0 unspecified atom stereocenters. The quantitative estimate of drug-likeness (QED) is 0.618. The van der Waals surface area contributed by atoms with Gasteiger partial charge in [-0.1, -0.05) is 0 Å². The Balaban J connectivity index is 3.81. The first-order valence-electron chi connectivity index (χ1n) is 5.61. The van der Waals surface area contributed by atoms with Gasteiger partial charge in [0.25, 0.3) is 0 Å². The van der Waals surface area contributed by atoms with E-state index in [4.69, 9.17) is 9.84 Å². The van der Waals surface area contributed by atoms with Gasteiger partial charge in [0.2, 0.25) is 5.91 Å². The van der Waals surface area contributed by atoms with Crippen LogP contribution in [-0.2, 0) is 14.3 Å². The van der Waals surface area contributed by atoms with Gasteiger partial charge in [-0.15, -0.1) is 0 Å². The van der Waals surface area contributed by atoms with Crippen molar-refractivity contribution < 1.29 is 24.2 Å². The number of aliphatic carboxylic acids is 1. The Hall–Kier alpha value is -1.63. The van der Waals surface area contributed by atoms with E-state index in [0.717, 1.165) is 0 Å². The zero-order valence-electron chi connectivity index (χ0n) is 10.9. The van der Waals surface area contributed by atoms with E-state index in [9.17, 15) is 14.4 Å². The van der Waals surface area contributed by atoms with E-state index in [2.05, 4.69) is 10.6 Å². The van der Waals surface area contributed by atoms with Gasteiger partial charge in [0, 0.05) is 26.5 Å². The Kier molecular flexibility index (Phi) is 6.96. The Morgan fingerprint density at radius 2 is 1.83 bits per heavy atom. The van der Waals surface area contributed by atoms with Gasteiger partial charge in [0.1, 0.15) is 0 Å². The van der Waals surface area contributed by atoms with Gasteiger partial charge >= 0.3 is 12.0 Å². The second kappa shape index (κ2) is 7.65. The van der Waals surface area contributed by atoms with E-state index in [0.29, 0.717) is 0 Å². The number of methoxy groups -OCH3 is 1. The first-order valence-corrected chi connectivity index (χ1v) is 5.61. The van der Waals surface area contributed by atoms with Crippen molar-refractivity contribution in [2.24, 2.45) is 0 Å². The largest absolute Gasteiger partial charge is 0.481 e. The molecule has 7 heteroatoms. The number of nitrogens with one attached hydrogen (secondary N) is 2. The van der Waals surface area contributed by atoms with Crippen molar-refractivity contribution in [1.29, 1.82) is 0 Å². The highest BCUT2D eigenvalue weighted by molar-refractivity contribution is 5.94. The van der Waals surface area contributed by atoms with E-state index >= 15 is 0 Å². The Morgan fingerprint density at radius 1 is 1.22 bits per heavy atom. The zero-order chi connectivity index (χ0) is 14.2. The molecule has 0 bridgehead atoms. The van der Waals surface area contributed by atoms with Gasteiger partial charge in [-0.2, -0.15) is 0 Å². The van der Waals surface area contributed by atoms with E-state index in [1.807, 2.05) is 0 Å². The molecular formula is C11H20N2O5. The third-order valence-electron chi connectivity index (χ3n) is 2.27. The summed E-state index contributed by atoms with van der Waals surface area (Å²) in [4.78, 5) is 32.8. The minimum atomic E-state index is -0.964. The van der Waals surface area contributed by atoms with Gasteiger partial charge in [0.15, 0.2) is 0 Å². The number of carbonyl (C=O) groups is 3. The van der Waals surface area contributed by atoms with Crippen molar-refractivity contribution >= 4 is 17.9 Å². The number of carboxylic acid groups (broad SMARTS) is 1. The molecule has 104 valence electrons. The lowest BCUT2D eigenvalue weighted by atomic mass is 10.1. The van der Waals surface area contributed by atoms with Crippen LogP contribution < -0.4 is 10.6 Å². The van der Waals surface area contributed by atoms with Crippen molar-refractivity contribution in [3.05, 3.63) is 0 Å². The van der Waals surface area contributed by atoms with Crippen molar-refractivity contribution in [2.75, 3.05) is 13.7 Å². The molecular weight excluding hydrogens is 240 g/mol. The van der Waals surface area contributed by atoms with Crippen LogP contribution in [-0.4, -0.2) is 42.3 Å². The molecule has 0 aromatic heterocycles. The number of hydrogen-bond donors (Lipinski definition) is 3. The average Bonchev–Trinajstić information content (AvgIpc) is 2.26. The van der Waals surface area contributed by atoms with Crippen LogP contribution in [0, 0.1) is 0 Å². The van der Waals surface area contributed by atoms with Gasteiger partial charge in [-0.25, -0.2) is 4.79 Å². The summed E-state index contributed by atoms with van der Waals surface area (Å²) in [6, 6.07) is -0.611. The Labute approximate surface area is 106 Å². The maximum absolute atomic E-state index is 11.3. The maximum atomic E-state index is 11.3. The minimum absolute atomic E-state index is 0.00733. The van der Waals surface area contributed by atoms with Crippen molar-refractivity contribution in [1.82, 2.24) is 10.6 Å². The highest BCUT2D eigenvalue weighted by Crippen LogP contribution is 2.04. The molecule has 3 amide bonds. The smallest absolute Gasteiger partial charge is 0.321 e. The third kappa shape index (κ3) is 8.51. The van der Waals surface area contributed by atoms with Crippen molar-refractivity contribution in [3.63, 3.8) is 0 Å². The van der Waals surface area contributed by atoms with Crippen LogP contribution in [0.1, 0.15) is 33.1 Å². The summed E-state index contributed by atoms with van der Waals surface area (Å²) in [5, 5.41) is 13.0. The highest BCUT2D eigenvalue weighted by atomic mass is 16.5. The molecule has 0 aliphatic carbocycles. The van der Waals surface area contributed by atoms with E-state index in [1.165, 1.54) is 7.11 Å². The molecule has 0 aliphatic rings. The third-order valence-corrected chi connectivity index (χ3v) is 2.27. The van der Waals surface area contributed by atoms with Crippen LogP contribution in [0.3, 0.4) is 0 Å². The molecule has 18 heavy (non-hydrogen) atoms. The molecule has 0 spiro atoms. The fourth-order valence-corrected chi connectivity index (χ4v) is 0.999. The summed E-state index contributed by atoms with van der Waals surface area (Å²) in [5.74, 6) is -1.46. The molecule has 0 aromatic rings. The van der Waals surface area contributed by atoms with Gasteiger partial charge in [0.05, 0.1) is 5.60 Å². The van der Waals surface area contributed by atoms with Gasteiger partial charge in [-0.3, -0.25) is 14.9 Å². The number of ether oxygens (including phenoxy) is 1. The Morgan fingerprint density at radius 3 is 2.33 bits per heavy atom. The molecule has 0 fully saturated rings. The summed E-state index contributed by atoms with van der Waals surface area (Å²) >= 11 is 0. The first-order chi connectivity index (χ1) is 8.26. The molecule has 0 rings (SSSR count). The number of carboxylic acids is 1. The van der Waals surface area contributed by atoms with Crippen LogP contribution in [0.15, 0.2) is 0 Å². The fraction of sp³-hybridized carbons (Fsp3) is 0.727. The predicted octanol–water partition coefficient (Wildman–Crippen LogP) is 0.492. The van der Waals surface area contributed by atoms with E-state index in [-0.39, 0.29) is 25.8 Å². The topological polar surface area (TPSA) is 105 Å². The predicted molar refractivity (Wildman–Crippen MR) is 64.1 cm³/mol. The Bertz CT molecular complexity index is 315. The monoisotopic (exact) mass is 260 g/mol. The second-order valence-corrected chi connectivity index (χ2v) is 4.44. The molecule has 0 atom stereocenters. The zero-order valence-corrected chi connectivity index (χ0v) is 10.9. The van der Waals surface area contributed by atoms with E-state index < -0.39 is 23.5 Å². The number of imide groups is 1. The molecule has 0 saturated carbocycles. The highest BCUT2D eigenvalue weighted by Gasteiger charge is 2.17. The van der Waals surface area contributed by atoms with Crippen LogP contribution in [0.2, 0.25) is 0 Å². The van der Waals surface area contributed by atoms with Crippen molar-refractivity contribution in [2.45, 2.75) is 38.7 Å². The SMILES string of the molecule is COC(C)(C)CNC(=O)NC(=O)CCCC(=O)O. The lowest BCUT2D eigenvalue weighted by molar-refractivity contribution is -0.137. The van der Waals surface area contributed by atoms with Gasteiger partial charge in [-0.05, 0) is 20.3 Å². The second-order valence-electron chi connectivity index (χ2n) is 4.44. The maximum Gasteiger partial charge on any atom is 0.321 e. The molecule has 0 radical (unpaired) electrons. The molecule has 0 saturated heterocycles. The summed E-state index contributed by atoms with van der Waals surface area (Å²) < 4.78 is 5.09. The molecule has 0 heterocycles. The molecule has 0 aromatic carbocycles. The van der Waals surface area contributed by atoms with Crippen LogP contribution in [0.5, 0.6) is 0 Å². The minimum Gasteiger partial charge on any atom is -0.481 e. The molecule has 7 nitrogen and oxygen atoms in total. The first kappa shape index (κ1) is 16.4. The van der Waals surface area contributed by atoms with Crippen molar-refractivity contribution in [3.8, 4) is 0 Å². The summed E-state index contributed by atoms with van der Waals surface area (Å²) in [6.45, 7) is 3.85.